The van der Waals surface area contributed by atoms with E-state index >= 15 is 0 Å². The third-order valence-corrected chi connectivity index (χ3v) is 0.770. The molecule has 3 nitrogen and oxygen atoms in total. The first-order valence-electron chi connectivity index (χ1n) is 2.19. The molecule has 1 aliphatic rings. The number of aliphatic hydroxyl groups excluding tert-OH is 2. The van der Waals surface area contributed by atoms with Crippen molar-refractivity contribution in [3.05, 3.63) is 30.3 Å². The van der Waals surface area contributed by atoms with Gasteiger partial charge in [0.05, 0.1) is 0 Å². The van der Waals surface area contributed by atoms with Crippen molar-refractivity contribution < 1.29 is 10.2 Å². The molecule has 8 heavy (non-hydrogen) atoms. The summed E-state index contributed by atoms with van der Waals surface area (Å²) in [5, 5.41) is 19.7. The summed E-state index contributed by atoms with van der Waals surface area (Å²) in [6.45, 7) is 0. The third kappa shape index (κ3) is 1.01. The Kier molecular flexibility index (Phi) is 1.22. The molecule has 0 spiro atoms. The number of hydrogen-bond donors (Lipinski definition) is 3. The fraction of sp³-hybridized carbons (Fsp3) is 0. The van der Waals surface area contributed by atoms with Gasteiger partial charge in [-0.05, 0) is 6.08 Å². The Morgan fingerprint density at radius 2 is 2.12 bits per heavy atom. The van der Waals surface area contributed by atoms with Crippen LogP contribution < -0.4 is 5.32 Å². The second-order valence-electron chi connectivity index (χ2n) is 1.43. The zero-order valence-electron chi connectivity index (χ0n) is 4.13. The van der Waals surface area contributed by atoms with Gasteiger partial charge in [-0.15, -0.1) is 0 Å². The lowest BCUT2D eigenvalue weighted by atomic mass is 10.3. The normalized spacial score (nSPS) is 19.9. The van der Waals surface area contributed by atoms with Gasteiger partial charge in [0.2, 0.25) is 6.23 Å². The van der Waals surface area contributed by atoms with Crippen molar-refractivity contribution in [2.24, 2.45) is 0 Å². The van der Waals surface area contributed by atoms with Crippen LogP contribution in [0.3, 0.4) is 0 Å². The minimum Gasteiger partial charge on any atom is -0.508 e. The topological polar surface area (TPSA) is 52.5 Å². The van der Waals surface area contributed by atoms with Gasteiger partial charge in [0.25, 0.3) is 0 Å². The zero-order chi connectivity index (χ0) is 5.98. The smallest absolute Gasteiger partial charge is 0.211 e. The maximum Gasteiger partial charge on any atom is 0.211 e. The predicted molar refractivity (Wildman–Crippen MR) is 28.2 cm³/mol. The van der Waals surface area contributed by atoms with Crippen molar-refractivity contribution >= 4 is 0 Å². The van der Waals surface area contributed by atoms with Crippen molar-refractivity contribution in [2.75, 3.05) is 0 Å². The lowest BCUT2D eigenvalue weighted by Crippen LogP contribution is -2.14. The maximum absolute atomic E-state index is 8.63. The molecule has 0 aromatic rings. The molecule has 3 N–H and O–H groups in total. The maximum atomic E-state index is 8.63. The Hall–Kier alpha value is -0.960. The first kappa shape index (κ1) is 5.18. The van der Waals surface area contributed by atoms with Gasteiger partial charge in [-0.1, -0.05) is 0 Å². The molecule has 0 saturated carbocycles. The van der Waals surface area contributed by atoms with E-state index in [0.29, 0.717) is 0 Å². The first-order chi connectivity index (χ1) is 3.79. The first-order valence-corrected chi connectivity index (χ1v) is 2.19. The number of allylic oxidation sites excluding steroid dienone is 1. The molecular formula is C5H6NO2. The molecule has 0 bridgehead atoms. The summed E-state index contributed by atoms with van der Waals surface area (Å²) < 4.78 is 0. The molecule has 1 heterocycles. The number of nitrogens with one attached hydrogen (secondary N) is 1. The van der Waals surface area contributed by atoms with Crippen molar-refractivity contribution in [1.29, 1.82) is 0 Å². The molecule has 0 saturated heterocycles. The lowest BCUT2D eigenvalue weighted by molar-refractivity contribution is 0.299. The molecule has 1 aliphatic heterocycles. The van der Waals surface area contributed by atoms with Crippen molar-refractivity contribution in [3.63, 3.8) is 0 Å². The average molecular weight is 112 g/mol. The highest BCUT2D eigenvalue weighted by atomic mass is 16.3. The van der Waals surface area contributed by atoms with E-state index in [2.05, 4.69) is 5.32 Å². The van der Waals surface area contributed by atoms with Crippen LogP contribution in [0.2, 0.25) is 0 Å². The third-order valence-electron chi connectivity index (χ3n) is 0.770. The van der Waals surface area contributed by atoms with Crippen LogP contribution in [0.25, 0.3) is 0 Å². The predicted octanol–water partition coefficient (Wildman–Crippen LogP) is 0.407. The summed E-state index contributed by atoms with van der Waals surface area (Å²) in [5.41, 5.74) is 0. The van der Waals surface area contributed by atoms with Crippen LogP contribution in [0, 0.1) is 6.23 Å². The Bertz CT molecular complexity index is 139. The second-order valence-corrected chi connectivity index (χ2v) is 1.43. The minimum atomic E-state index is -0.0370. The van der Waals surface area contributed by atoms with Crippen LogP contribution in [-0.2, 0) is 0 Å². The number of aliphatic hydroxyl groups is 2. The number of rotatable bonds is 0. The highest BCUT2D eigenvalue weighted by molar-refractivity contribution is 5.21. The Morgan fingerprint density at radius 1 is 1.38 bits per heavy atom. The Labute approximate surface area is 47.0 Å². The SMILES string of the molecule is O[C]1C=C(O)C=CN1. The molecule has 0 fully saturated rings. The van der Waals surface area contributed by atoms with Gasteiger partial charge in [0, 0.05) is 12.3 Å². The molecule has 0 aliphatic carbocycles. The van der Waals surface area contributed by atoms with Crippen LogP contribution in [0.1, 0.15) is 0 Å². The molecule has 43 valence electrons. The Morgan fingerprint density at radius 3 is 2.50 bits per heavy atom. The van der Waals surface area contributed by atoms with Crippen molar-refractivity contribution in [3.8, 4) is 0 Å². The molecule has 0 amide bonds. The molecule has 0 aromatic heterocycles. The van der Waals surface area contributed by atoms with Gasteiger partial charge in [0.15, 0.2) is 0 Å². The number of dihydropyridines is 1. The summed E-state index contributed by atoms with van der Waals surface area (Å²) in [6.07, 6.45) is 4.08. The van der Waals surface area contributed by atoms with Crippen molar-refractivity contribution in [1.82, 2.24) is 5.32 Å². The van der Waals surface area contributed by atoms with Gasteiger partial charge < -0.3 is 15.5 Å². The summed E-state index contributed by atoms with van der Waals surface area (Å²) in [4.78, 5) is 0. The summed E-state index contributed by atoms with van der Waals surface area (Å²) >= 11 is 0. The lowest BCUT2D eigenvalue weighted by Gasteiger charge is -2.06. The van der Waals surface area contributed by atoms with Gasteiger partial charge >= 0.3 is 0 Å². The van der Waals surface area contributed by atoms with Crippen LogP contribution in [-0.4, -0.2) is 10.2 Å². The van der Waals surface area contributed by atoms with Crippen LogP contribution in [0.4, 0.5) is 0 Å². The van der Waals surface area contributed by atoms with Gasteiger partial charge in [-0.25, -0.2) is 0 Å². The molecule has 1 radical (unpaired) electrons. The van der Waals surface area contributed by atoms with Crippen LogP contribution in [0.5, 0.6) is 0 Å². The Balaban J connectivity index is 2.63. The van der Waals surface area contributed by atoms with E-state index in [1.54, 1.807) is 0 Å². The largest absolute Gasteiger partial charge is 0.508 e. The van der Waals surface area contributed by atoms with E-state index in [0.717, 1.165) is 0 Å². The van der Waals surface area contributed by atoms with Crippen LogP contribution >= 0.6 is 0 Å². The van der Waals surface area contributed by atoms with E-state index < -0.39 is 0 Å². The zero-order valence-corrected chi connectivity index (χ0v) is 4.13. The average Bonchev–Trinajstić information content (AvgIpc) is 1.64. The standard InChI is InChI=1S/C5H6NO2/c7-4-1-2-6-5(8)3-4/h1-3,6-8H. The highest BCUT2D eigenvalue weighted by Gasteiger charge is 2.02. The van der Waals surface area contributed by atoms with E-state index in [1.165, 1.54) is 18.4 Å². The van der Waals surface area contributed by atoms with Gasteiger partial charge in [-0.3, -0.25) is 0 Å². The fourth-order valence-electron chi connectivity index (χ4n) is 0.442. The van der Waals surface area contributed by atoms with Gasteiger partial charge in [0.1, 0.15) is 5.76 Å². The van der Waals surface area contributed by atoms with E-state index in [1.807, 2.05) is 0 Å². The quantitative estimate of drug-likeness (QED) is 0.425. The minimum absolute atomic E-state index is 0.0370. The highest BCUT2D eigenvalue weighted by Crippen LogP contribution is 2.02. The van der Waals surface area contributed by atoms with E-state index in [4.69, 9.17) is 10.2 Å². The summed E-state index contributed by atoms with van der Waals surface area (Å²) in [6, 6.07) is 0. The van der Waals surface area contributed by atoms with E-state index in [9.17, 15) is 0 Å². The van der Waals surface area contributed by atoms with Gasteiger partial charge in [-0.2, -0.15) is 0 Å². The summed E-state index contributed by atoms with van der Waals surface area (Å²) in [7, 11) is 0. The molecule has 0 unspecified atom stereocenters. The number of hydrogen-bond acceptors (Lipinski definition) is 3. The molecule has 1 rings (SSSR count). The summed E-state index contributed by atoms with van der Waals surface area (Å²) in [5.74, 6) is 0.0567. The monoisotopic (exact) mass is 112 g/mol. The molecule has 0 atom stereocenters. The molecule has 3 heteroatoms. The van der Waals surface area contributed by atoms with Crippen molar-refractivity contribution in [2.45, 2.75) is 0 Å². The van der Waals surface area contributed by atoms with E-state index in [-0.39, 0.29) is 12.0 Å². The fourth-order valence-corrected chi connectivity index (χ4v) is 0.442. The molecule has 0 aromatic carbocycles. The molecular weight excluding hydrogens is 106 g/mol. The second kappa shape index (κ2) is 1.88. The van der Waals surface area contributed by atoms with Crippen LogP contribution in [0.15, 0.2) is 24.1 Å².